The third-order valence-electron chi connectivity index (χ3n) is 3.27. The van der Waals surface area contributed by atoms with Crippen LogP contribution in [0.4, 0.5) is 0 Å². The number of nitrogens with one attached hydrogen (secondary N) is 1. The van der Waals surface area contributed by atoms with Crippen LogP contribution in [-0.2, 0) is 9.84 Å². The molecule has 0 fully saturated rings. The maximum absolute atomic E-state index is 11.0. The normalized spacial score (nSPS) is 15.4. The summed E-state index contributed by atoms with van der Waals surface area (Å²) in [6.07, 6.45) is 5.18. The van der Waals surface area contributed by atoms with E-state index in [9.17, 15) is 13.5 Å². The second kappa shape index (κ2) is 10.0. The maximum Gasteiger partial charge on any atom is 0.148 e. The molecule has 0 heterocycles. The molecule has 1 unspecified atom stereocenters. The molecule has 0 aliphatic carbocycles. The first-order valence-corrected chi connectivity index (χ1v) is 10.2. The first-order chi connectivity index (χ1) is 8.89. The van der Waals surface area contributed by atoms with Crippen LogP contribution in [0.25, 0.3) is 0 Å². The summed E-state index contributed by atoms with van der Waals surface area (Å²) in [7, 11) is -2.83. The van der Waals surface area contributed by atoms with Gasteiger partial charge in [0.15, 0.2) is 0 Å². The Bertz CT molecular complexity index is 314. The second-order valence-electron chi connectivity index (χ2n) is 5.06. The largest absolute Gasteiger partial charge is 0.394 e. The summed E-state index contributed by atoms with van der Waals surface area (Å²) in [4.78, 5) is 0. The first-order valence-electron chi connectivity index (χ1n) is 7.00. The monoisotopic (exact) mass is 311 g/mol. The smallest absolute Gasteiger partial charge is 0.148 e. The topological polar surface area (TPSA) is 66.4 Å². The van der Waals surface area contributed by atoms with Crippen molar-refractivity contribution in [3.05, 3.63) is 0 Å². The van der Waals surface area contributed by atoms with Crippen molar-refractivity contribution >= 4 is 21.6 Å². The Morgan fingerprint density at radius 3 is 2.42 bits per heavy atom. The van der Waals surface area contributed by atoms with Gasteiger partial charge in [-0.1, -0.05) is 13.8 Å². The lowest BCUT2D eigenvalue weighted by atomic mass is 9.91. The predicted octanol–water partition coefficient (Wildman–Crippen LogP) is 1.69. The van der Waals surface area contributed by atoms with Crippen LogP contribution in [0.5, 0.6) is 0 Å². The highest BCUT2D eigenvalue weighted by Crippen LogP contribution is 2.19. The summed E-state index contributed by atoms with van der Waals surface area (Å²) in [5.41, 5.74) is -0.159. The minimum atomic E-state index is -2.83. The Labute approximate surface area is 122 Å². The van der Waals surface area contributed by atoms with Gasteiger partial charge in [0.2, 0.25) is 0 Å². The molecule has 0 rings (SSSR count). The van der Waals surface area contributed by atoms with E-state index >= 15 is 0 Å². The van der Waals surface area contributed by atoms with E-state index in [1.165, 1.54) is 6.26 Å². The number of aliphatic hydroxyl groups excluding tert-OH is 1. The first kappa shape index (κ1) is 19.2. The van der Waals surface area contributed by atoms with Crippen molar-refractivity contribution in [2.24, 2.45) is 0 Å². The van der Waals surface area contributed by atoms with Crippen LogP contribution >= 0.6 is 11.8 Å². The zero-order valence-corrected chi connectivity index (χ0v) is 14.1. The van der Waals surface area contributed by atoms with Crippen molar-refractivity contribution in [3.8, 4) is 0 Å². The number of aliphatic hydroxyl groups is 1. The van der Waals surface area contributed by atoms with E-state index in [-0.39, 0.29) is 17.9 Å². The average Bonchev–Trinajstić information content (AvgIpc) is 2.36. The predicted molar refractivity (Wildman–Crippen MR) is 84.7 cm³/mol. The minimum absolute atomic E-state index is 0.159. The fourth-order valence-electron chi connectivity index (χ4n) is 1.85. The van der Waals surface area contributed by atoms with Gasteiger partial charge in [-0.3, -0.25) is 0 Å². The zero-order chi connectivity index (χ0) is 14.8. The molecule has 0 spiro atoms. The molecule has 0 radical (unpaired) electrons. The highest BCUT2D eigenvalue weighted by Gasteiger charge is 2.25. The van der Waals surface area contributed by atoms with E-state index in [1.807, 2.05) is 0 Å². The van der Waals surface area contributed by atoms with Crippen molar-refractivity contribution in [2.45, 2.75) is 45.1 Å². The molecule has 116 valence electrons. The van der Waals surface area contributed by atoms with E-state index in [0.717, 1.165) is 38.0 Å². The zero-order valence-electron chi connectivity index (χ0n) is 12.4. The second-order valence-corrected chi connectivity index (χ2v) is 8.55. The van der Waals surface area contributed by atoms with Crippen LogP contribution in [0.3, 0.4) is 0 Å². The van der Waals surface area contributed by atoms with Gasteiger partial charge >= 0.3 is 0 Å². The van der Waals surface area contributed by atoms with Crippen LogP contribution in [0.1, 0.15) is 39.5 Å². The summed E-state index contributed by atoms with van der Waals surface area (Å²) >= 11 is 1.68. The number of hydrogen-bond donors (Lipinski definition) is 2. The van der Waals surface area contributed by atoms with E-state index in [0.29, 0.717) is 5.75 Å². The van der Waals surface area contributed by atoms with Gasteiger partial charge in [-0.05, 0) is 38.0 Å². The molecule has 0 aromatic heterocycles. The minimum Gasteiger partial charge on any atom is -0.394 e. The molecule has 4 nitrogen and oxygen atoms in total. The van der Waals surface area contributed by atoms with Gasteiger partial charge in [-0.25, -0.2) is 8.42 Å². The van der Waals surface area contributed by atoms with Crippen LogP contribution in [-0.4, -0.2) is 55.7 Å². The van der Waals surface area contributed by atoms with Crippen LogP contribution in [0.15, 0.2) is 0 Å². The summed E-state index contributed by atoms with van der Waals surface area (Å²) < 4.78 is 22.0. The molecule has 0 aliphatic rings. The molecular weight excluding hydrogens is 282 g/mol. The Kier molecular flexibility index (Phi) is 10.1. The summed E-state index contributed by atoms with van der Waals surface area (Å²) in [6.45, 7) is 5.30. The molecule has 0 bridgehead atoms. The Balaban J connectivity index is 3.87. The summed E-state index contributed by atoms with van der Waals surface area (Å²) in [6, 6.07) is 0. The molecule has 0 aliphatic heterocycles. The fraction of sp³-hybridized carbons (Fsp3) is 1.00. The third kappa shape index (κ3) is 9.71. The number of thioether (sulfide) groups is 1. The van der Waals surface area contributed by atoms with Crippen molar-refractivity contribution in [1.29, 1.82) is 0 Å². The maximum atomic E-state index is 11.0. The van der Waals surface area contributed by atoms with Gasteiger partial charge in [0.05, 0.1) is 12.4 Å². The lowest BCUT2D eigenvalue weighted by Crippen LogP contribution is -2.48. The van der Waals surface area contributed by atoms with Gasteiger partial charge in [0.25, 0.3) is 0 Å². The molecule has 6 heteroatoms. The van der Waals surface area contributed by atoms with E-state index in [1.54, 1.807) is 11.8 Å². The molecule has 0 saturated carbocycles. The van der Waals surface area contributed by atoms with Crippen molar-refractivity contribution in [1.82, 2.24) is 5.32 Å². The van der Waals surface area contributed by atoms with E-state index in [2.05, 4.69) is 19.2 Å². The average molecular weight is 312 g/mol. The van der Waals surface area contributed by atoms with E-state index < -0.39 is 9.84 Å². The number of sulfone groups is 1. The molecule has 2 N–H and O–H groups in total. The lowest BCUT2D eigenvalue weighted by molar-refractivity contribution is 0.146. The Morgan fingerprint density at radius 1 is 1.26 bits per heavy atom. The molecule has 0 aromatic rings. The van der Waals surface area contributed by atoms with Gasteiger partial charge in [0.1, 0.15) is 9.84 Å². The van der Waals surface area contributed by atoms with Crippen LogP contribution in [0, 0.1) is 0 Å². The van der Waals surface area contributed by atoms with Crippen molar-refractivity contribution < 1.29 is 13.5 Å². The van der Waals surface area contributed by atoms with Crippen LogP contribution in [0.2, 0.25) is 0 Å². The fourth-order valence-corrected chi connectivity index (χ4v) is 4.09. The van der Waals surface area contributed by atoms with Crippen molar-refractivity contribution in [2.75, 3.05) is 36.7 Å². The van der Waals surface area contributed by atoms with E-state index in [4.69, 9.17) is 0 Å². The molecular formula is C13H29NO3S2. The molecule has 0 amide bonds. The third-order valence-corrected chi connectivity index (χ3v) is 5.55. The van der Waals surface area contributed by atoms with Gasteiger partial charge < -0.3 is 10.4 Å². The molecule has 0 saturated heterocycles. The van der Waals surface area contributed by atoms with Crippen LogP contribution < -0.4 is 5.32 Å². The molecule has 1 atom stereocenters. The van der Waals surface area contributed by atoms with Gasteiger partial charge in [-0.2, -0.15) is 11.8 Å². The highest BCUT2D eigenvalue weighted by atomic mass is 32.2. The summed E-state index contributed by atoms with van der Waals surface area (Å²) in [5, 5.41) is 13.0. The standard InChI is InChI=1S/C13H29NO3S2/c1-4-8-14-13(5-2,12-15)7-6-9-18-10-11-19(3,16)17/h14-15H,4-12H2,1-3H3. The van der Waals surface area contributed by atoms with Gasteiger partial charge in [0, 0.05) is 17.5 Å². The quantitative estimate of drug-likeness (QED) is 0.537. The summed E-state index contributed by atoms with van der Waals surface area (Å²) in [5.74, 6) is 1.87. The number of hydrogen-bond acceptors (Lipinski definition) is 5. The lowest BCUT2D eigenvalue weighted by Gasteiger charge is -2.32. The molecule has 19 heavy (non-hydrogen) atoms. The van der Waals surface area contributed by atoms with Gasteiger partial charge in [-0.15, -0.1) is 0 Å². The Hall–Kier alpha value is 0.220. The number of rotatable bonds is 12. The SMILES string of the molecule is CCCNC(CC)(CO)CCCSCCS(C)(=O)=O. The Morgan fingerprint density at radius 2 is 1.95 bits per heavy atom. The highest BCUT2D eigenvalue weighted by molar-refractivity contribution is 8.00. The van der Waals surface area contributed by atoms with Crippen molar-refractivity contribution in [3.63, 3.8) is 0 Å². The molecule has 0 aromatic carbocycles.